The van der Waals surface area contributed by atoms with Crippen molar-refractivity contribution in [2.45, 2.75) is 38.5 Å². The minimum atomic E-state index is -4.39. The molecule has 2 aromatic rings. The molecule has 0 spiro atoms. The van der Waals surface area contributed by atoms with Crippen LogP contribution >= 0.6 is 0 Å². The highest BCUT2D eigenvalue weighted by atomic mass is 19.4. The predicted octanol–water partition coefficient (Wildman–Crippen LogP) is 5.08. The van der Waals surface area contributed by atoms with Gasteiger partial charge in [0.1, 0.15) is 0 Å². The lowest BCUT2D eigenvalue weighted by atomic mass is 10.1. The van der Waals surface area contributed by atoms with Gasteiger partial charge in [-0.15, -0.1) is 0 Å². The lowest BCUT2D eigenvalue weighted by Crippen LogP contribution is -2.32. The fourth-order valence-corrected chi connectivity index (χ4v) is 2.90. The normalized spacial score (nSPS) is 13.7. The van der Waals surface area contributed by atoms with Gasteiger partial charge in [-0.1, -0.05) is 12.1 Å². The van der Waals surface area contributed by atoms with Gasteiger partial charge in [0, 0.05) is 23.8 Å². The zero-order valence-electron chi connectivity index (χ0n) is 15.8. The summed E-state index contributed by atoms with van der Waals surface area (Å²) in [4.78, 5) is 26.1. The first-order valence-electron chi connectivity index (χ1n) is 9.29. The third-order valence-electron chi connectivity index (χ3n) is 4.54. The average molecular weight is 406 g/mol. The molecule has 5 nitrogen and oxygen atoms in total. The fraction of sp³-hybridized carbons (Fsp3) is 0.333. The van der Waals surface area contributed by atoms with Crippen molar-refractivity contribution in [1.82, 2.24) is 4.90 Å². The van der Waals surface area contributed by atoms with Crippen LogP contribution in [0.5, 0.6) is 0 Å². The Morgan fingerprint density at radius 2 is 1.69 bits per heavy atom. The van der Waals surface area contributed by atoms with E-state index in [-0.39, 0.29) is 25.1 Å². The van der Waals surface area contributed by atoms with Crippen molar-refractivity contribution in [1.29, 1.82) is 0 Å². The summed E-state index contributed by atoms with van der Waals surface area (Å²) in [5.41, 5.74) is 0.869. The second-order valence-electron chi connectivity index (χ2n) is 6.78. The summed E-state index contributed by atoms with van der Waals surface area (Å²) in [6.07, 6.45) is -3.22. The SMILES string of the molecule is CCOC(=O)Nc1ccc(C(=O)N(Cc2ccc(C(F)(F)F)cc2)C2CC2)cc1. The molecule has 1 N–H and O–H groups in total. The maximum atomic E-state index is 12.9. The highest BCUT2D eigenvalue weighted by molar-refractivity contribution is 5.95. The summed E-state index contributed by atoms with van der Waals surface area (Å²) in [6.45, 7) is 2.19. The van der Waals surface area contributed by atoms with Crippen LogP contribution in [0.15, 0.2) is 48.5 Å². The second kappa shape index (κ2) is 8.55. The van der Waals surface area contributed by atoms with Crippen LogP contribution in [0.3, 0.4) is 0 Å². The van der Waals surface area contributed by atoms with Crippen LogP contribution in [0.4, 0.5) is 23.7 Å². The van der Waals surface area contributed by atoms with Crippen LogP contribution in [0.25, 0.3) is 0 Å². The summed E-state index contributed by atoms with van der Waals surface area (Å²) in [5.74, 6) is -0.199. The molecular formula is C21H21F3N2O3. The largest absolute Gasteiger partial charge is 0.450 e. The van der Waals surface area contributed by atoms with Gasteiger partial charge in [-0.2, -0.15) is 13.2 Å². The van der Waals surface area contributed by atoms with E-state index in [0.29, 0.717) is 16.8 Å². The van der Waals surface area contributed by atoms with E-state index in [1.165, 1.54) is 12.1 Å². The van der Waals surface area contributed by atoms with Crippen LogP contribution in [0.1, 0.15) is 41.3 Å². The number of halogens is 3. The molecular weight excluding hydrogens is 385 g/mol. The Kier molecular flexibility index (Phi) is 6.10. The second-order valence-corrected chi connectivity index (χ2v) is 6.78. The molecule has 1 saturated carbocycles. The van der Waals surface area contributed by atoms with E-state index in [1.54, 1.807) is 36.1 Å². The Balaban J connectivity index is 1.69. The standard InChI is InChI=1S/C21H21F3N2O3/c1-2-29-20(28)25-17-9-5-15(6-10-17)19(27)26(18-11-12-18)13-14-3-7-16(8-4-14)21(22,23)24/h3-10,18H,2,11-13H2,1H3,(H,25,28). The number of benzene rings is 2. The highest BCUT2D eigenvalue weighted by Crippen LogP contribution is 2.32. The molecule has 0 saturated heterocycles. The third-order valence-corrected chi connectivity index (χ3v) is 4.54. The minimum absolute atomic E-state index is 0.0853. The Labute approximate surface area is 166 Å². The molecule has 0 atom stereocenters. The molecule has 0 radical (unpaired) electrons. The number of nitrogens with zero attached hydrogens (tertiary/aromatic N) is 1. The van der Waals surface area contributed by atoms with E-state index in [9.17, 15) is 22.8 Å². The van der Waals surface area contributed by atoms with Crippen LogP contribution in [0.2, 0.25) is 0 Å². The molecule has 2 amide bonds. The molecule has 0 aromatic heterocycles. The zero-order valence-corrected chi connectivity index (χ0v) is 15.8. The van der Waals surface area contributed by atoms with Crippen molar-refractivity contribution < 1.29 is 27.5 Å². The minimum Gasteiger partial charge on any atom is -0.450 e. The molecule has 0 aliphatic heterocycles. The molecule has 154 valence electrons. The lowest BCUT2D eigenvalue weighted by Gasteiger charge is -2.23. The summed E-state index contributed by atoms with van der Waals surface area (Å²) in [5, 5.41) is 2.55. The first-order chi connectivity index (χ1) is 13.8. The predicted molar refractivity (Wildman–Crippen MR) is 101 cm³/mol. The number of carbonyl (C=O) groups is 2. The van der Waals surface area contributed by atoms with E-state index in [1.807, 2.05) is 0 Å². The van der Waals surface area contributed by atoms with Gasteiger partial charge in [-0.25, -0.2) is 4.79 Å². The highest BCUT2D eigenvalue weighted by Gasteiger charge is 2.34. The number of anilines is 1. The smallest absolute Gasteiger partial charge is 0.416 e. The number of carbonyl (C=O) groups excluding carboxylic acids is 2. The molecule has 2 aromatic carbocycles. The van der Waals surface area contributed by atoms with Crippen molar-refractivity contribution in [3.63, 3.8) is 0 Å². The molecule has 1 aliphatic carbocycles. The van der Waals surface area contributed by atoms with Crippen LogP contribution in [-0.4, -0.2) is 29.5 Å². The first-order valence-corrected chi connectivity index (χ1v) is 9.29. The van der Waals surface area contributed by atoms with Gasteiger partial charge in [0.25, 0.3) is 5.91 Å². The molecule has 3 rings (SSSR count). The van der Waals surface area contributed by atoms with Gasteiger partial charge >= 0.3 is 12.3 Å². The first kappa shape index (κ1) is 20.7. The summed E-state index contributed by atoms with van der Waals surface area (Å²) in [7, 11) is 0. The van der Waals surface area contributed by atoms with Crippen LogP contribution in [-0.2, 0) is 17.5 Å². The lowest BCUT2D eigenvalue weighted by molar-refractivity contribution is -0.137. The van der Waals surface area contributed by atoms with E-state index in [2.05, 4.69) is 5.32 Å². The van der Waals surface area contributed by atoms with Crippen molar-refractivity contribution in [2.75, 3.05) is 11.9 Å². The van der Waals surface area contributed by atoms with Crippen molar-refractivity contribution in [3.05, 3.63) is 65.2 Å². The number of nitrogens with one attached hydrogen (secondary N) is 1. The molecule has 0 unspecified atom stereocenters. The maximum absolute atomic E-state index is 12.9. The van der Waals surface area contributed by atoms with Gasteiger partial charge in [-0.05, 0) is 61.7 Å². The van der Waals surface area contributed by atoms with Crippen LogP contribution in [0, 0.1) is 0 Å². The number of hydrogen-bond donors (Lipinski definition) is 1. The molecule has 1 aliphatic rings. The summed E-state index contributed by atoms with van der Waals surface area (Å²) >= 11 is 0. The Bertz CT molecular complexity index is 860. The summed E-state index contributed by atoms with van der Waals surface area (Å²) < 4.78 is 43.0. The van der Waals surface area contributed by atoms with Crippen LogP contribution < -0.4 is 5.32 Å². The average Bonchev–Trinajstić information content (AvgIpc) is 3.51. The zero-order chi connectivity index (χ0) is 21.0. The van der Waals surface area contributed by atoms with Crippen molar-refractivity contribution >= 4 is 17.7 Å². The van der Waals surface area contributed by atoms with E-state index in [4.69, 9.17) is 4.74 Å². The molecule has 1 fully saturated rings. The maximum Gasteiger partial charge on any atom is 0.416 e. The fourth-order valence-electron chi connectivity index (χ4n) is 2.90. The van der Waals surface area contributed by atoms with E-state index < -0.39 is 17.8 Å². The van der Waals surface area contributed by atoms with E-state index in [0.717, 1.165) is 25.0 Å². The molecule has 0 heterocycles. The number of amides is 2. The molecule has 29 heavy (non-hydrogen) atoms. The van der Waals surface area contributed by atoms with Crippen molar-refractivity contribution in [2.24, 2.45) is 0 Å². The Morgan fingerprint density at radius 1 is 1.07 bits per heavy atom. The molecule has 0 bridgehead atoms. The summed E-state index contributed by atoms with van der Waals surface area (Å²) in [6, 6.07) is 11.4. The van der Waals surface area contributed by atoms with Gasteiger partial charge in [0.05, 0.1) is 12.2 Å². The van der Waals surface area contributed by atoms with Gasteiger partial charge in [0.2, 0.25) is 0 Å². The van der Waals surface area contributed by atoms with Gasteiger partial charge in [0.15, 0.2) is 0 Å². The number of rotatable bonds is 6. The number of ether oxygens (including phenoxy) is 1. The third kappa shape index (κ3) is 5.49. The van der Waals surface area contributed by atoms with Gasteiger partial charge in [-0.3, -0.25) is 10.1 Å². The quantitative estimate of drug-likeness (QED) is 0.728. The topological polar surface area (TPSA) is 58.6 Å². The monoisotopic (exact) mass is 406 g/mol. The number of hydrogen-bond acceptors (Lipinski definition) is 3. The van der Waals surface area contributed by atoms with Crippen molar-refractivity contribution in [3.8, 4) is 0 Å². The Morgan fingerprint density at radius 3 is 2.21 bits per heavy atom. The Hall–Kier alpha value is -3.03. The molecule has 8 heteroatoms. The number of alkyl halides is 3. The van der Waals surface area contributed by atoms with E-state index >= 15 is 0 Å². The van der Waals surface area contributed by atoms with Gasteiger partial charge < -0.3 is 9.64 Å².